The molecule has 0 radical (unpaired) electrons. The minimum absolute atomic E-state index is 0.0914. The molecular formula is C12H20O8. The molecule has 0 aromatic carbocycles. The molecule has 0 aliphatic carbocycles. The quantitative estimate of drug-likeness (QED) is 0.267. The van der Waals surface area contributed by atoms with Crippen molar-refractivity contribution in [1.29, 1.82) is 0 Å². The zero-order valence-corrected chi connectivity index (χ0v) is 10.9. The molecule has 0 amide bonds. The van der Waals surface area contributed by atoms with Gasteiger partial charge in [0.1, 0.15) is 12.7 Å². The van der Waals surface area contributed by atoms with E-state index >= 15 is 0 Å². The number of carbonyl (C=O) groups is 2. The number of ether oxygens (including phenoxy) is 1. The molecule has 0 heterocycles. The summed E-state index contributed by atoms with van der Waals surface area (Å²) in [6.45, 7) is 5.27. The van der Waals surface area contributed by atoms with Crippen LogP contribution in [0.4, 0.5) is 0 Å². The molecule has 5 N–H and O–H groups in total. The fraction of sp³-hybridized carbons (Fsp3) is 0.500. The maximum atomic E-state index is 10.3. The average Bonchev–Trinajstić information content (AvgIpc) is 2.44. The predicted octanol–water partition coefficient (Wildman–Crippen LogP) is -1.56. The number of aliphatic hydroxyl groups excluding tert-OH is 4. The molecule has 0 saturated heterocycles. The third kappa shape index (κ3) is 12.7. The normalized spacial score (nSPS) is 12.4. The molecule has 0 saturated carbocycles. The summed E-state index contributed by atoms with van der Waals surface area (Å²) in [6.07, 6.45) is -1.11. The second-order valence-electron chi connectivity index (χ2n) is 3.62. The Bertz CT molecular complexity index is 323. The van der Waals surface area contributed by atoms with Gasteiger partial charge in [0.2, 0.25) is 0 Å². The van der Waals surface area contributed by atoms with Gasteiger partial charge in [0.25, 0.3) is 0 Å². The summed E-state index contributed by atoms with van der Waals surface area (Å²) in [6, 6.07) is 0. The van der Waals surface area contributed by atoms with E-state index in [-0.39, 0.29) is 18.6 Å². The molecule has 0 aliphatic heterocycles. The summed E-state index contributed by atoms with van der Waals surface area (Å²) < 4.78 is 4.38. The Morgan fingerprint density at radius 2 is 1.65 bits per heavy atom. The number of rotatable bonds is 8. The number of aliphatic carboxylic acids is 1. The standard InChI is InChI=1S/2C6H10O4/c1-4(6(9)10)2-5(8)3-7;1-2-6(9)10-4-5(8)3-7/h5,7-8H,1-3H2,(H,9,10);2,5,7-8H,1,3-4H2. The molecular weight excluding hydrogens is 272 g/mol. The molecule has 0 spiro atoms. The van der Waals surface area contributed by atoms with Gasteiger partial charge in [0.15, 0.2) is 0 Å². The van der Waals surface area contributed by atoms with Gasteiger partial charge in [-0.15, -0.1) is 0 Å². The molecule has 0 fully saturated rings. The Labute approximate surface area is 116 Å². The number of carbonyl (C=O) groups excluding carboxylic acids is 1. The third-order valence-corrected chi connectivity index (χ3v) is 1.79. The Morgan fingerprint density at radius 3 is 2.00 bits per heavy atom. The van der Waals surface area contributed by atoms with Crippen LogP contribution in [0.3, 0.4) is 0 Å². The lowest BCUT2D eigenvalue weighted by Crippen LogP contribution is -2.21. The van der Waals surface area contributed by atoms with Crippen LogP contribution in [0.5, 0.6) is 0 Å². The van der Waals surface area contributed by atoms with Crippen molar-refractivity contribution in [3.8, 4) is 0 Å². The number of hydrogen-bond acceptors (Lipinski definition) is 7. The summed E-state index contributed by atoms with van der Waals surface area (Å²) >= 11 is 0. The van der Waals surface area contributed by atoms with Gasteiger partial charge in [-0.2, -0.15) is 0 Å². The van der Waals surface area contributed by atoms with Crippen LogP contribution in [-0.2, 0) is 14.3 Å². The lowest BCUT2D eigenvalue weighted by atomic mass is 10.1. The van der Waals surface area contributed by atoms with Crippen molar-refractivity contribution in [2.75, 3.05) is 19.8 Å². The van der Waals surface area contributed by atoms with E-state index in [9.17, 15) is 9.59 Å². The molecule has 0 rings (SSSR count). The summed E-state index contributed by atoms with van der Waals surface area (Å²) in [4.78, 5) is 20.4. The number of esters is 1. The van der Waals surface area contributed by atoms with Crippen molar-refractivity contribution in [1.82, 2.24) is 0 Å². The predicted molar refractivity (Wildman–Crippen MR) is 68.7 cm³/mol. The molecule has 0 aliphatic rings. The Kier molecular flexibility index (Phi) is 12.7. The minimum Gasteiger partial charge on any atom is -0.478 e. The summed E-state index contributed by atoms with van der Waals surface area (Å²) in [5, 5.41) is 42.1. The van der Waals surface area contributed by atoms with Crippen molar-refractivity contribution >= 4 is 11.9 Å². The van der Waals surface area contributed by atoms with Crippen LogP contribution in [0.2, 0.25) is 0 Å². The van der Waals surface area contributed by atoms with Crippen molar-refractivity contribution in [2.45, 2.75) is 18.6 Å². The highest BCUT2D eigenvalue weighted by atomic mass is 16.5. The van der Waals surface area contributed by atoms with E-state index in [4.69, 9.17) is 25.5 Å². The Hall–Kier alpha value is -1.74. The van der Waals surface area contributed by atoms with Gasteiger partial charge in [-0.05, 0) is 0 Å². The fourth-order valence-corrected chi connectivity index (χ4v) is 0.726. The lowest BCUT2D eigenvalue weighted by Gasteiger charge is -2.05. The van der Waals surface area contributed by atoms with Gasteiger partial charge >= 0.3 is 11.9 Å². The van der Waals surface area contributed by atoms with Crippen molar-refractivity contribution in [2.24, 2.45) is 0 Å². The maximum absolute atomic E-state index is 10.3. The molecule has 8 nitrogen and oxygen atoms in total. The van der Waals surface area contributed by atoms with Crippen LogP contribution in [0, 0.1) is 0 Å². The Morgan fingerprint density at radius 1 is 1.15 bits per heavy atom. The zero-order chi connectivity index (χ0) is 16.1. The number of aliphatic hydroxyl groups is 4. The first-order valence-electron chi connectivity index (χ1n) is 5.56. The van der Waals surface area contributed by atoms with Crippen molar-refractivity contribution in [3.05, 3.63) is 24.8 Å². The average molecular weight is 292 g/mol. The molecule has 20 heavy (non-hydrogen) atoms. The highest BCUT2D eigenvalue weighted by Crippen LogP contribution is 2.01. The van der Waals surface area contributed by atoms with E-state index in [0.717, 1.165) is 6.08 Å². The molecule has 0 bridgehead atoms. The number of carboxylic acid groups (broad SMARTS) is 1. The Balaban J connectivity index is 0. The first-order valence-corrected chi connectivity index (χ1v) is 5.56. The van der Waals surface area contributed by atoms with Crippen LogP contribution in [-0.4, -0.2) is 69.5 Å². The van der Waals surface area contributed by atoms with Gasteiger partial charge in [0, 0.05) is 18.1 Å². The minimum atomic E-state index is -1.15. The molecule has 0 aromatic heterocycles. The maximum Gasteiger partial charge on any atom is 0.331 e. The largest absolute Gasteiger partial charge is 0.478 e. The van der Waals surface area contributed by atoms with E-state index in [1.54, 1.807) is 0 Å². The topological polar surface area (TPSA) is 145 Å². The highest BCUT2D eigenvalue weighted by molar-refractivity contribution is 5.85. The molecule has 0 aromatic rings. The van der Waals surface area contributed by atoms with Gasteiger partial charge in [-0.1, -0.05) is 13.2 Å². The van der Waals surface area contributed by atoms with E-state index in [1.165, 1.54) is 0 Å². The fourth-order valence-electron chi connectivity index (χ4n) is 0.726. The third-order valence-electron chi connectivity index (χ3n) is 1.79. The zero-order valence-electron chi connectivity index (χ0n) is 10.9. The first kappa shape index (κ1) is 20.6. The first-order chi connectivity index (χ1) is 9.28. The number of hydrogen-bond donors (Lipinski definition) is 5. The SMILES string of the molecule is C=C(CC(O)CO)C(=O)O.C=CC(=O)OCC(O)CO. The van der Waals surface area contributed by atoms with Gasteiger partial charge < -0.3 is 30.3 Å². The van der Waals surface area contributed by atoms with E-state index in [1.807, 2.05) is 0 Å². The summed E-state index contributed by atoms with van der Waals surface area (Å²) in [5.74, 6) is -1.75. The van der Waals surface area contributed by atoms with Crippen LogP contribution in [0.25, 0.3) is 0 Å². The summed E-state index contributed by atoms with van der Waals surface area (Å²) in [7, 11) is 0. The molecule has 116 valence electrons. The van der Waals surface area contributed by atoms with E-state index in [0.29, 0.717) is 0 Å². The van der Waals surface area contributed by atoms with Crippen molar-refractivity contribution < 1.29 is 39.9 Å². The molecule has 8 heteroatoms. The lowest BCUT2D eigenvalue weighted by molar-refractivity contribution is -0.141. The van der Waals surface area contributed by atoms with Gasteiger partial charge in [0.05, 0.1) is 19.3 Å². The van der Waals surface area contributed by atoms with Crippen LogP contribution in [0.1, 0.15) is 6.42 Å². The van der Waals surface area contributed by atoms with Gasteiger partial charge in [-0.25, -0.2) is 9.59 Å². The van der Waals surface area contributed by atoms with Crippen LogP contribution >= 0.6 is 0 Å². The number of carboxylic acids is 1. The van der Waals surface area contributed by atoms with Gasteiger partial charge in [-0.3, -0.25) is 0 Å². The smallest absolute Gasteiger partial charge is 0.331 e. The highest BCUT2D eigenvalue weighted by Gasteiger charge is 2.09. The van der Waals surface area contributed by atoms with E-state index < -0.39 is 37.4 Å². The summed E-state index contributed by atoms with van der Waals surface area (Å²) in [5.41, 5.74) is -0.0958. The second kappa shape index (κ2) is 12.3. The van der Waals surface area contributed by atoms with Crippen LogP contribution < -0.4 is 0 Å². The second-order valence-corrected chi connectivity index (χ2v) is 3.62. The molecule has 2 atom stereocenters. The monoisotopic (exact) mass is 292 g/mol. The van der Waals surface area contributed by atoms with Crippen LogP contribution in [0.15, 0.2) is 24.8 Å². The van der Waals surface area contributed by atoms with Crippen molar-refractivity contribution in [3.63, 3.8) is 0 Å². The van der Waals surface area contributed by atoms with E-state index in [2.05, 4.69) is 17.9 Å². The molecule has 2 unspecified atom stereocenters.